The van der Waals surface area contributed by atoms with Crippen LogP contribution in [0.5, 0.6) is 5.75 Å². The fourth-order valence-electron chi connectivity index (χ4n) is 2.51. The summed E-state index contributed by atoms with van der Waals surface area (Å²) in [4.78, 5) is 0. The van der Waals surface area contributed by atoms with Crippen molar-refractivity contribution in [2.75, 3.05) is 13.2 Å². The van der Waals surface area contributed by atoms with Crippen LogP contribution in [0.3, 0.4) is 0 Å². The van der Waals surface area contributed by atoms with E-state index >= 15 is 0 Å². The van der Waals surface area contributed by atoms with Gasteiger partial charge in [0.2, 0.25) is 0 Å². The minimum Gasteiger partial charge on any atom is -0.494 e. The molecular formula is C20H35NO. The van der Waals surface area contributed by atoms with E-state index in [0.717, 1.165) is 31.9 Å². The number of nitrogens with one attached hydrogen (secondary N) is 1. The zero-order chi connectivity index (χ0) is 15.9. The molecule has 0 bridgehead atoms. The van der Waals surface area contributed by atoms with Crippen molar-refractivity contribution in [3.63, 3.8) is 0 Å². The lowest BCUT2D eigenvalue weighted by molar-refractivity contribution is 0.305. The molecule has 0 radical (unpaired) electrons. The SMILES string of the molecule is CCCCCCCNCc1ccc(OCCCCCC)cc1. The third-order valence-corrected chi connectivity index (χ3v) is 3.98. The van der Waals surface area contributed by atoms with Crippen LogP contribution >= 0.6 is 0 Å². The molecule has 2 nitrogen and oxygen atoms in total. The first-order valence-electron chi connectivity index (χ1n) is 9.29. The van der Waals surface area contributed by atoms with Gasteiger partial charge in [0.05, 0.1) is 6.61 Å². The maximum absolute atomic E-state index is 5.77. The van der Waals surface area contributed by atoms with Gasteiger partial charge in [0, 0.05) is 6.54 Å². The molecule has 1 aromatic rings. The Kier molecular flexibility index (Phi) is 11.8. The molecule has 0 unspecified atom stereocenters. The van der Waals surface area contributed by atoms with E-state index in [1.165, 1.54) is 56.9 Å². The Morgan fingerprint density at radius 3 is 2.09 bits per heavy atom. The Hall–Kier alpha value is -1.02. The average molecular weight is 306 g/mol. The second-order valence-corrected chi connectivity index (χ2v) is 6.14. The minimum atomic E-state index is 0.843. The van der Waals surface area contributed by atoms with Gasteiger partial charge in [0.25, 0.3) is 0 Å². The van der Waals surface area contributed by atoms with Crippen LogP contribution in [0.2, 0.25) is 0 Å². The highest BCUT2D eigenvalue weighted by Gasteiger charge is 1.96. The van der Waals surface area contributed by atoms with E-state index < -0.39 is 0 Å². The maximum atomic E-state index is 5.77. The molecule has 0 aromatic heterocycles. The number of unbranched alkanes of at least 4 members (excludes halogenated alkanes) is 7. The topological polar surface area (TPSA) is 21.3 Å². The predicted octanol–water partition coefficient (Wildman–Crippen LogP) is 5.71. The van der Waals surface area contributed by atoms with Gasteiger partial charge in [-0.05, 0) is 37.1 Å². The molecule has 0 fully saturated rings. The third-order valence-electron chi connectivity index (χ3n) is 3.98. The molecule has 1 rings (SSSR count). The van der Waals surface area contributed by atoms with E-state index in [2.05, 4.69) is 43.4 Å². The summed E-state index contributed by atoms with van der Waals surface area (Å²) in [7, 11) is 0. The van der Waals surface area contributed by atoms with Gasteiger partial charge in [-0.15, -0.1) is 0 Å². The van der Waals surface area contributed by atoms with Crippen LogP contribution in [0.25, 0.3) is 0 Å². The van der Waals surface area contributed by atoms with Crippen LogP contribution in [-0.2, 0) is 6.54 Å². The third kappa shape index (κ3) is 9.83. The van der Waals surface area contributed by atoms with Crippen LogP contribution in [-0.4, -0.2) is 13.2 Å². The van der Waals surface area contributed by atoms with Crippen molar-refractivity contribution >= 4 is 0 Å². The molecule has 0 aliphatic heterocycles. The van der Waals surface area contributed by atoms with Gasteiger partial charge in [-0.2, -0.15) is 0 Å². The van der Waals surface area contributed by atoms with Crippen LogP contribution in [0.4, 0.5) is 0 Å². The molecule has 22 heavy (non-hydrogen) atoms. The zero-order valence-electron chi connectivity index (χ0n) is 14.7. The number of rotatable bonds is 14. The van der Waals surface area contributed by atoms with Crippen molar-refractivity contribution in [1.29, 1.82) is 0 Å². The highest BCUT2D eigenvalue weighted by Crippen LogP contribution is 2.13. The number of hydrogen-bond acceptors (Lipinski definition) is 2. The Morgan fingerprint density at radius 1 is 0.773 bits per heavy atom. The van der Waals surface area contributed by atoms with E-state index in [1.54, 1.807) is 0 Å². The fraction of sp³-hybridized carbons (Fsp3) is 0.700. The second-order valence-electron chi connectivity index (χ2n) is 6.14. The molecule has 126 valence electrons. The summed E-state index contributed by atoms with van der Waals surface area (Å²) in [5.41, 5.74) is 1.34. The van der Waals surface area contributed by atoms with E-state index in [1.807, 2.05) is 0 Å². The van der Waals surface area contributed by atoms with Gasteiger partial charge < -0.3 is 10.1 Å². The van der Waals surface area contributed by atoms with Gasteiger partial charge in [0.15, 0.2) is 0 Å². The van der Waals surface area contributed by atoms with Gasteiger partial charge >= 0.3 is 0 Å². The van der Waals surface area contributed by atoms with Crippen LogP contribution in [0.15, 0.2) is 24.3 Å². The summed E-state index contributed by atoms with van der Waals surface area (Å²) in [6.45, 7) is 7.43. The van der Waals surface area contributed by atoms with Crippen molar-refractivity contribution in [2.24, 2.45) is 0 Å². The lowest BCUT2D eigenvalue weighted by Gasteiger charge is -2.08. The standard InChI is InChI=1S/C20H35NO/c1-3-5-7-9-10-16-21-18-19-12-14-20(15-13-19)22-17-11-8-6-4-2/h12-15,21H,3-11,16-18H2,1-2H3. The molecule has 0 spiro atoms. The minimum absolute atomic E-state index is 0.843. The second kappa shape index (κ2) is 13.6. The quantitative estimate of drug-likeness (QED) is 0.445. The summed E-state index contributed by atoms with van der Waals surface area (Å²) >= 11 is 0. The number of hydrogen-bond donors (Lipinski definition) is 1. The molecule has 0 amide bonds. The molecule has 0 saturated heterocycles. The highest BCUT2D eigenvalue weighted by molar-refractivity contribution is 5.27. The van der Waals surface area contributed by atoms with E-state index in [0.29, 0.717) is 0 Å². The highest BCUT2D eigenvalue weighted by atomic mass is 16.5. The average Bonchev–Trinajstić information content (AvgIpc) is 2.55. The number of benzene rings is 1. The van der Waals surface area contributed by atoms with E-state index in [4.69, 9.17) is 4.74 Å². The molecule has 0 aliphatic rings. The van der Waals surface area contributed by atoms with E-state index in [-0.39, 0.29) is 0 Å². The molecule has 0 atom stereocenters. The number of ether oxygens (including phenoxy) is 1. The van der Waals surface area contributed by atoms with Crippen LogP contribution in [0.1, 0.15) is 77.2 Å². The maximum Gasteiger partial charge on any atom is 0.119 e. The molecule has 1 N–H and O–H groups in total. The van der Waals surface area contributed by atoms with Crippen molar-refractivity contribution in [3.05, 3.63) is 29.8 Å². The lowest BCUT2D eigenvalue weighted by Crippen LogP contribution is -2.14. The van der Waals surface area contributed by atoms with Crippen LogP contribution in [0, 0.1) is 0 Å². The largest absolute Gasteiger partial charge is 0.494 e. The van der Waals surface area contributed by atoms with Gasteiger partial charge in [0.1, 0.15) is 5.75 Å². The predicted molar refractivity (Wildman–Crippen MR) is 96.5 cm³/mol. The summed E-state index contributed by atoms with van der Waals surface area (Å²) in [5.74, 6) is 1.000. The Morgan fingerprint density at radius 2 is 1.41 bits per heavy atom. The monoisotopic (exact) mass is 305 g/mol. The molecular weight excluding hydrogens is 270 g/mol. The van der Waals surface area contributed by atoms with Gasteiger partial charge in [-0.1, -0.05) is 70.9 Å². The van der Waals surface area contributed by atoms with Crippen LogP contribution < -0.4 is 10.1 Å². The smallest absolute Gasteiger partial charge is 0.119 e. The lowest BCUT2D eigenvalue weighted by atomic mass is 10.1. The summed E-state index contributed by atoms with van der Waals surface area (Å²) in [5, 5.41) is 3.52. The van der Waals surface area contributed by atoms with Gasteiger partial charge in [-0.3, -0.25) is 0 Å². The fourth-order valence-corrected chi connectivity index (χ4v) is 2.51. The summed E-state index contributed by atoms with van der Waals surface area (Å²) < 4.78 is 5.77. The first kappa shape index (κ1) is 19.0. The Bertz CT molecular complexity index is 347. The zero-order valence-corrected chi connectivity index (χ0v) is 14.7. The molecule has 0 saturated carbocycles. The van der Waals surface area contributed by atoms with Gasteiger partial charge in [-0.25, -0.2) is 0 Å². The van der Waals surface area contributed by atoms with Crippen molar-refractivity contribution < 1.29 is 4.74 Å². The first-order valence-corrected chi connectivity index (χ1v) is 9.29. The van der Waals surface area contributed by atoms with Crippen molar-refractivity contribution in [1.82, 2.24) is 5.32 Å². The normalized spacial score (nSPS) is 10.8. The Balaban J connectivity index is 2.06. The Labute approximate surface area is 137 Å². The molecule has 1 aromatic carbocycles. The molecule has 0 heterocycles. The molecule has 2 heteroatoms. The van der Waals surface area contributed by atoms with Crippen molar-refractivity contribution in [3.8, 4) is 5.75 Å². The summed E-state index contributed by atoms with van der Waals surface area (Å²) in [6, 6.07) is 8.53. The summed E-state index contributed by atoms with van der Waals surface area (Å²) in [6.07, 6.45) is 11.7. The first-order chi connectivity index (χ1) is 10.9. The molecule has 0 aliphatic carbocycles. The van der Waals surface area contributed by atoms with E-state index in [9.17, 15) is 0 Å². The van der Waals surface area contributed by atoms with Crippen molar-refractivity contribution in [2.45, 2.75) is 78.2 Å².